The lowest BCUT2D eigenvalue weighted by Gasteiger charge is -2.20. The molecule has 1 unspecified atom stereocenters. The minimum absolute atomic E-state index is 0.0680. The fraction of sp³-hybridized carbons (Fsp3) is 0.462. The summed E-state index contributed by atoms with van der Waals surface area (Å²) in [5.41, 5.74) is 1.56. The summed E-state index contributed by atoms with van der Waals surface area (Å²) in [6, 6.07) is 3.02. The lowest BCUT2D eigenvalue weighted by Crippen LogP contribution is -2.38. The molecule has 0 aliphatic carbocycles. The lowest BCUT2D eigenvalue weighted by molar-refractivity contribution is -0.118. The Morgan fingerprint density at radius 3 is 2.94 bits per heavy atom. The van der Waals surface area contributed by atoms with Gasteiger partial charge in [0.1, 0.15) is 5.82 Å². The molecule has 0 saturated carbocycles. The van der Waals surface area contributed by atoms with Crippen molar-refractivity contribution in [1.29, 1.82) is 0 Å². The van der Waals surface area contributed by atoms with Crippen LogP contribution in [0.3, 0.4) is 0 Å². The molecule has 1 saturated heterocycles. The Bertz CT molecular complexity index is 478. The number of likely N-dealkylation sites (N-methyl/N-ethyl adjacent to an activating group) is 1. The second-order valence-electron chi connectivity index (χ2n) is 4.44. The van der Waals surface area contributed by atoms with Gasteiger partial charge in [0.15, 0.2) is 0 Å². The van der Waals surface area contributed by atoms with Gasteiger partial charge < -0.3 is 10.2 Å². The van der Waals surface area contributed by atoms with Crippen molar-refractivity contribution < 1.29 is 9.18 Å². The number of anilines is 1. The van der Waals surface area contributed by atoms with Crippen LogP contribution in [0.15, 0.2) is 16.6 Å². The molecule has 0 spiro atoms. The molecule has 0 bridgehead atoms. The van der Waals surface area contributed by atoms with Crippen LogP contribution < -0.4 is 10.2 Å². The summed E-state index contributed by atoms with van der Waals surface area (Å²) < 4.78 is 13.8. The SMILES string of the molecule is CCNC1CCN(c2cc(Br)c(F)cc2C)C1=O. The van der Waals surface area contributed by atoms with Gasteiger partial charge in [0.25, 0.3) is 0 Å². The fourth-order valence-corrected chi connectivity index (χ4v) is 2.61. The first-order valence-corrected chi connectivity index (χ1v) is 6.84. The van der Waals surface area contributed by atoms with E-state index in [-0.39, 0.29) is 17.8 Å². The average Bonchev–Trinajstić information content (AvgIpc) is 2.67. The first-order valence-electron chi connectivity index (χ1n) is 6.05. The van der Waals surface area contributed by atoms with Crippen LogP contribution in [0, 0.1) is 12.7 Å². The number of halogens is 2. The third-order valence-electron chi connectivity index (χ3n) is 3.19. The van der Waals surface area contributed by atoms with Crippen LogP contribution in [0.2, 0.25) is 0 Å². The second-order valence-corrected chi connectivity index (χ2v) is 5.30. The highest BCUT2D eigenvalue weighted by Gasteiger charge is 2.32. The van der Waals surface area contributed by atoms with Crippen molar-refractivity contribution in [3.05, 3.63) is 28.0 Å². The normalized spacial score (nSPS) is 19.7. The molecule has 1 atom stereocenters. The summed E-state index contributed by atoms with van der Waals surface area (Å²) in [6.07, 6.45) is 0.793. The largest absolute Gasteiger partial charge is 0.311 e. The number of nitrogens with zero attached hydrogens (tertiary/aromatic N) is 1. The predicted octanol–water partition coefficient (Wildman–Crippen LogP) is 2.61. The van der Waals surface area contributed by atoms with E-state index in [0.717, 1.165) is 24.2 Å². The van der Waals surface area contributed by atoms with Crippen molar-refractivity contribution in [1.82, 2.24) is 5.32 Å². The maximum atomic E-state index is 13.4. The molecule has 5 heteroatoms. The molecule has 1 aliphatic heterocycles. The van der Waals surface area contributed by atoms with Crippen molar-refractivity contribution in [2.75, 3.05) is 18.0 Å². The molecule has 0 aromatic heterocycles. The summed E-state index contributed by atoms with van der Waals surface area (Å²) in [7, 11) is 0. The molecule has 1 aliphatic rings. The van der Waals surface area contributed by atoms with E-state index < -0.39 is 0 Å². The maximum absolute atomic E-state index is 13.4. The van der Waals surface area contributed by atoms with E-state index >= 15 is 0 Å². The third kappa shape index (κ3) is 2.42. The molecule has 1 amide bonds. The van der Waals surface area contributed by atoms with Gasteiger partial charge in [-0.15, -0.1) is 0 Å². The predicted molar refractivity (Wildman–Crippen MR) is 73.3 cm³/mol. The van der Waals surface area contributed by atoms with E-state index in [9.17, 15) is 9.18 Å². The number of carbonyl (C=O) groups excluding carboxylic acids is 1. The number of carbonyl (C=O) groups is 1. The highest BCUT2D eigenvalue weighted by atomic mass is 79.9. The first kappa shape index (κ1) is 13.5. The molecule has 0 radical (unpaired) electrons. The number of nitrogens with one attached hydrogen (secondary N) is 1. The van der Waals surface area contributed by atoms with Crippen LogP contribution in [-0.2, 0) is 4.79 Å². The number of amides is 1. The van der Waals surface area contributed by atoms with Crippen LogP contribution >= 0.6 is 15.9 Å². The van der Waals surface area contributed by atoms with Crippen LogP contribution in [-0.4, -0.2) is 25.0 Å². The number of aryl methyl sites for hydroxylation is 1. The Morgan fingerprint density at radius 1 is 1.56 bits per heavy atom. The van der Waals surface area contributed by atoms with Gasteiger partial charge in [-0.1, -0.05) is 6.92 Å². The summed E-state index contributed by atoms with van der Waals surface area (Å²) in [4.78, 5) is 13.9. The highest BCUT2D eigenvalue weighted by molar-refractivity contribution is 9.10. The lowest BCUT2D eigenvalue weighted by atomic mass is 10.2. The van der Waals surface area contributed by atoms with Gasteiger partial charge in [0, 0.05) is 12.2 Å². The number of hydrogen-bond acceptors (Lipinski definition) is 2. The third-order valence-corrected chi connectivity index (χ3v) is 3.79. The Labute approximate surface area is 114 Å². The van der Waals surface area contributed by atoms with E-state index in [1.165, 1.54) is 6.07 Å². The van der Waals surface area contributed by atoms with E-state index in [1.54, 1.807) is 11.0 Å². The van der Waals surface area contributed by atoms with Gasteiger partial charge in [-0.25, -0.2) is 4.39 Å². The Kier molecular flexibility index (Phi) is 4.02. The van der Waals surface area contributed by atoms with Crippen molar-refractivity contribution in [3.63, 3.8) is 0 Å². The summed E-state index contributed by atoms with van der Waals surface area (Å²) in [6.45, 7) is 5.25. The van der Waals surface area contributed by atoms with Gasteiger partial charge in [-0.2, -0.15) is 0 Å². The highest BCUT2D eigenvalue weighted by Crippen LogP contribution is 2.30. The van der Waals surface area contributed by atoms with Gasteiger partial charge in [-0.3, -0.25) is 4.79 Å². The van der Waals surface area contributed by atoms with Crippen LogP contribution in [0.1, 0.15) is 18.9 Å². The van der Waals surface area contributed by atoms with Crippen molar-refractivity contribution in [2.45, 2.75) is 26.3 Å². The zero-order valence-corrected chi connectivity index (χ0v) is 12.1. The Hall–Kier alpha value is -0.940. The summed E-state index contributed by atoms with van der Waals surface area (Å²) in [5.74, 6) is -0.232. The molecular weight excluding hydrogens is 299 g/mol. The molecule has 98 valence electrons. The van der Waals surface area contributed by atoms with Crippen LogP contribution in [0.25, 0.3) is 0 Å². The molecule has 1 heterocycles. The molecule has 2 rings (SSSR count). The van der Waals surface area contributed by atoms with Gasteiger partial charge in [0.2, 0.25) is 5.91 Å². The van der Waals surface area contributed by atoms with Crippen molar-refractivity contribution >= 4 is 27.5 Å². The molecule has 1 fully saturated rings. The minimum Gasteiger partial charge on any atom is -0.311 e. The Balaban J connectivity index is 2.28. The summed E-state index contributed by atoms with van der Waals surface area (Å²) >= 11 is 3.16. The number of hydrogen-bond donors (Lipinski definition) is 1. The maximum Gasteiger partial charge on any atom is 0.244 e. The van der Waals surface area contributed by atoms with Crippen molar-refractivity contribution in [2.24, 2.45) is 0 Å². The molecule has 1 aromatic carbocycles. The number of rotatable bonds is 3. The first-order chi connectivity index (χ1) is 8.54. The van der Waals surface area contributed by atoms with E-state index in [4.69, 9.17) is 0 Å². The molecular formula is C13H16BrFN2O. The fourth-order valence-electron chi connectivity index (χ4n) is 2.28. The summed E-state index contributed by atoms with van der Waals surface area (Å²) in [5, 5.41) is 3.16. The quantitative estimate of drug-likeness (QED) is 0.930. The minimum atomic E-state index is -0.300. The smallest absolute Gasteiger partial charge is 0.244 e. The Morgan fingerprint density at radius 2 is 2.28 bits per heavy atom. The molecule has 18 heavy (non-hydrogen) atoms. The average molecular weight is 315 g/mol. The van der Waals surface area contributed by atoms with E-state index in [0.29, 0.717) is 11.0 Å². The molecule has 3 nitrogen and oxygen atoms in total. The second kappa shape index (κ2) is 5.36. The van der Waals surface area contributed by atoms with Crippen LogP contribution in [0.4, 0.5) is 10.1 Å². The zero-order chi connectivity index (χ0) is 13.3. The number of benzene rings is 1. The van der Waals surface area contributed by atoms with Crippen LogP contribution in [0.5, 0.6) is 0 Å². The van der Waals surface area contributed by atoms with Gasteiger partial charge >= 0.3 is 0 Å². The van der Waals surface area contributed by atoms with E-state index in [1.807, 2.05) is 13.8 Å². The molecule has 1 aromatic rings. The zero-order valence-electron chi connectivity index (χ0n) is 10.5. The molecule has 1 N–H and O–H groups in total. The monoisotopic (exact) mass is 314 g/mol. The van der Waals surface area contributed by atoms with Gasteiger partial charge in [0.05, 0.1) is 10.5 Å². The standard InChI is InChI=1S/C13H16BrFN2O/c1-3-16-11-4-5-17(13(11)18)12-7-9(14)10(15)6-8(12)2/h6-7,11,16H,3-5H2,1-2H3. The van der Waals surface area contributed by atoms with Gasteiger partial charge in [-0.05, 0) is 53.5 Å². The van der Waals surface area contributed by atoms with E-state index in [2.05, 4.69) is 21.2 Å². The topological polar surface area (TPSA) is 32.3 Å². The van der Waals surface area contributed by atoms with Crippen molar-refractivity contribution in [3.8, 4) is 0 Å².